The number of amides is 1. The van der Waals surface area contributed by atoms with Gasteiger partial charge in [-0.05, 0) is 61.8 Å². The highest BCUT2D eigenvalue weighted by Gasteiger charge is 2.25. The predicted octanol–water partition coefficient (Wildman–Crippen LogP) is 4.90. The van der Waals surface area contributed by atoms with Crippen LogP contribution in [-0.4, -0.2) is 21.9 Å². The predicted molar refractivity (Wildman–Crippen MR) is 111 cm³/mol. The highest BCUT2D eigenvalue weighted by Crippen LogP contribution is 2.36. The van der Waals surface area contributed by atoms with Crippen molar-refractivity contribution in [2.45, 2.75) is 75.7 Å². The molecule has 6 heteroatoms. The molecule has 29 heavy (non-hydrogen) atoms. The van der Waals surface area contributed by atoms with Crippen LogP contribution >= 0.6 is 0 Å². The number of anilines is 1. The van der Waals surface area contributed by atoms with E-state index in [9.17, 15) is 9.18 Å². The lowest BCUT2D eigenvalue weighted by Gasteiger charge is -2.28. The number of pyridine rings is 2. The fourth-order valence-electron chi connectivity index (χ4n) is 4.81. The van der Waals surface area contributed by atoms with Crippen LogP contribution in [0.15, 0.2) is 30.6 Å². The monoisotopic (exact) mass is 396 g/mol. The van der Waals surface area contributed by atoms with E-state index in [1.54, 1.807) is 12.4 Å². The maximum atomic E-state index is 14.4. The van der Waals surface area contributed by atoms with Gasteiger partial charge in [-0.3, -0.25) is 9.78 Å². The first kappa shape index (κ1) is 20.0. The van der Waals surface area contributed by atoms with Gasteiger partial charge in [0, 0.05) is 18.2 Å². The Hall–Kier alpha value is -2.34. The summed E-state index contributed by atoms with van der Waals surface area (Å²) in [6.07, 6.45) is 12.8. The number of carbonyl (C=O) groups is 1. The lowest BCUT2D eigenvalue weighted by Crippen LogP contribution is -2.27. The van der Waals surface area contributed by atoms with Crippen LogP contribution in [0.3, 0.4) is 0 Å². The number of nitrogens with zero attached hydrogens (tertiary/aromatic N) is 2. The van der Waals surface area contributed by atoms with Gasteiger partial charge in [0.15, 0.2) is 0 Å². The largest absolute Gasteiger partial charge is 0.328 e. The van der Waals surface area contributed by atoms with E-state index in [0.717, 1.165) is 56.9 Å². The molecule has 2 aliphatic carbocycles. The second-order valence-corrected chi connectivity index (χ2v) is 8.44. The summed E-state index contributed by atoms with van der Waals surface area (Å²) < 4.78 is 14.4. The number of aromatic nitrogens is 2. The van der Waals surface area contributed by atoms with E-state index < -0.39 is 0 Å². The first-order valence-electron chi connectivity index (χ1n) is 10.8. The first-order valence-corrected chi connectivity index (χ1v) is 10.8. The summed E-state index contributed by atoms with van der Waals surface area (Å²) in [4.78, 5) is 21.5. The van der Waals surface area contributed by atoms with Crippen molar-refractivity contribution in [1.29, 1.82) is 0 Å². The zero-order valence-corrected chi connectivity index (χ0v) is 16.7. The smallest absolute Gasteiger partial charge is 0.274 e. The highest BCUT2D eigenvalue weighted by molar-refractivity contribution is 6.03. The van der Waals surface area contributed by atoms with Gasteiger partial charge in [-0.25, -0.2) is 9.37 Å². The average molecular weight is 397 g/mol. The fraction of sp³-hybridized carbons (Fsp3) is 0.522. The molecule has 0 spiro atoms. The third kappa shape index (κ3) is 4.64. The van der Waals surface area contributed by atoms with Gasteiger partial charge in [-0.2, -0.15) is 0 Å². The van der Waals surface area contributed by atoms with Gasteiger partial charge < -0.3 is 11.1 Å². The zero-order valence-electron chi connectivity index (χ0n) is 16.7. The van der Waals surface area contributed by atoms with Crippen LogP contribution in [0.1, 0.15) is 91.4 Å². The van der Waals surface area contributed by atoms with Crippen LogP contribution < -0.4 is 11.1 Å². The van der Waals surface area contributed by atoms with Crippen LogP contribution in [0.5, 0.6) is 0 Å². The van der Waals surface area contributed by atoms with Crippen LogP contribution in [0.25, 0.3) is 0 Å². The molecule has 0 aromatic carbocycles. The lowest BCUT2D eigenvalue weighted by atomic mass is 9.81. The van der Waals surface area contributed by atoms with Crippen molar-refractivity contribution in [1.82, 2.24) is 9.97 Å². The van der Waals surface area contributed by atoms with Crippen molar-refractivity contribution in [2.24, 2.45) is 5.73 Å². The van der Waals surface area contributed by atoms with Crippen molar-refractivity contribution in [3.05, 3.63) is 53.4 Å². The van der Waals surface area contributed by atoms with Gasteiger partial charge in [0.1, 0.15) is 11.5 Å². The maximum Gasteiger partial charge on any atom is 0.274 e. The maximum absolute atomic E-state index is 14.4. The van der Waals surface area contributed by atoms with Gasteiger partial charge in [-0.1, -0.05) is 25.7 Å². The van der Waals surface area contributed by atoms with Crippen molar-refractivity contribution in [3.63, 3.8) is 0 Å². The van der Waals surface area contributed by atoms with E-state index in [1.807, 2.05) is 6.07 Å². The standard InChI is InChI=1S/C23H29FN4O/c24-19-9-10-20(27-22(19)15-5-2-1-3-6-15)23(29)28-21-14-26-12-11-18(21)16-7-4-8-17(25)13-16/h9-12,14-17H,1-8,13,25H2,(H,28,29)/t16-,17+/m1/s1. The Morgan fingerprint density at radius 3 is 2.62 bits per heavy atom. The van der Waals surface area contributed by atoms with Crippen molar-refractivity contribution < 1.29 is 9.18 Å². The summed E-state index contributed by atoms with van der Waals surface area (Å²) in [5, 5.41) is 2.96. The highest BCUT2D eigenvalue weighted by atomic mass is 19.1. The number of halogens is 1. The SMILES string of the molecule is N[C@H]1CCC[C@@H](c2ccncc2NC(=O)c2ccc(F)c(C3CCCCC3)n2)C1. The van der Waals surface area contributed by atoms with E-state index in [1.165, 1.54) is 18.6 Å². The van der Waals surface area contributed by atoms with Crippen LogP contribution in [0.4, 0.5) is 10.1 Å². The van der Waals surface area contributed by atoms with Crippen LogP contribution in [0.2, 0.25) is 0 Å². The van der Waals surface area contributed by atoms with E-state index in [4.69, 9.17) is 5.73 Å². The number of nitrogens with two attached hydrogens (primary N) is 1. The Labute approximate surface area is 171 Å². The molecule has 0 bridgehead atoms. The molecular weight excluding hydrogens is 367 g/mol. The lowest BCUT2D eigenvalue weighted by molar-refractivity contribution is 0.102. The molecule has 0 radical (unpaired) electrons. The normalized spacial score (nSPS) is 23.0. The van der Waals surface area contributed by atoms with Gasteiger partial charge in [0.2, 0.25) is 0 Å². The summed E-state index contributed by atoms with van der Waals surface area (Å²) in [5.41, 5.74) is 8.61. The molecule has 154 valence electrons. The Balaban J connectivity index is 1.54. The Morgan fingerprint density at radius 1 is 1.03 bits per heavy atom. The molecule has 2 aromatic heterocycles. The van der Waals surface area contributed by atoms with E-state index in [2.05, 4.69) is 15.3 Å². The second kappa shape index (κ2) is 8.99. The van der Waals surface area contributed by atoms with E-state index >= 15 is 0 Å². The molecule has 0 saturated heterocycles. The number of hydrogen-bond donors (Lipinski definition) is 2. The first-order chi connectivity index (χ1) is 14.1. The Kier molecular flexibility index (Phi) is 6.19. The van der Waals surface area contributed by atoms with Gasteiger partial charge >= 0.3 is 0 Å². The second-order valence-electron chi connectivity index (χ2n) is 8.44. The van der Waals surface area contributed by atoms with E-state index in [0.29, 0.717) is 17.3 Å². The van der Waals surface area contributed by atoms with E-state index in [-0.39, 0.29) is 29.4 Å². The molecule has 3 N–H and O–H groups in total. The molecule has 1 amide bonds. The molecule has 2 fully saturated rings. The summed E-state index contributed by atoms with van der Waals surface area (Å²) in [6, 6.07) is 4.99. The minimum atomic E-state index is -0.323. The molecule has 5 nitrogen and oxygen atoms in total. The van der Waals surface area contributed by atoms with Crippen molar-refractivity contribution in [2.75, 3.05) is 5.32 Å². The third-order valence-corrected chi connectivity index (χ3v) is 6.36. The fourth-order valence-corrected chi connectivity index (χ4v) is 4.81. The number of carbonyl (C=O) groups excluding carboxylic acids is 1. The van der Waals surface area contributed by atoms with Crippen molar-refractivity contribution >= 4 is 11.6 Å². The summed E-state index contributed by atoms with van der Waals surface area (Å²) >= 11 is 0. The quantitative estimate of drug-likeness (QED) is 0.770. The van der Waals surface area contributed by atoms with Gasteiger partial charge in [0.05, 0.1) is 17.6 Å². The summed E-state index contributed by atoms with van der Waals surface area (Å²) in [7, 11) is 0. The van der Waals surface area contributed by atoms with Gasteiger partial charge in [0.25, 0.3) is 5.91 Å². The number of rotatable bonds is 4. The molecule has 0 unspecified atom stereocenters. The molecule has 4 rings (SSSR count). The molecule has 2 aromatic rings. The zero-order chi connectivity index (χ0) is 20.2. The summed E-state index contributed by atoms with van der Waals surface area (Å²) in [6.45, 7) is 0. The molecule has 2 atom stereocenters. The number of nitrogens with one attached hydrogen (secondary N) is 1. The van der Waals surface area contributed by atoms with Crippen LogP contribution in [-0.2, 0) is 0 Å². The summed E-state index contributed by atoms with van der Waals surface area (Å²) in [5.74, 6) is -0.215. The Bertz CT molecular complexity index is 866. The number of hydrogen-bond acceptors (Lipinski definition) is 4. The Morgan fingerprint density at radius 2 is 1.83 bits per heavy atom. The minimum Gasteiger partial charge on any atom is -0.328 e. The topological polar surface area (TPSA) is 80.9 Å². The molecule has 0 aliphatic heterocycles. The molecule has 2 aliphatic rings. The average Bonchev–Trinajstić information content (AvgIpc) is 2.75. The van der Waals surface area contributed by atoms with Crippen LogP contribution in [0, 0.1) is 5.82 Å². The molecule has 2 heterocycles. The van der Waals surface area contributed by atoms with Crippen molar-refractivity contribution in [3.8, 4) is 0 Å². The minimum absolute atomic E-state index is 0.106. The molecule has 2 saturated carbocycles. The molecular formula is C23H29FN4O. The third-order valence-electron chi connectivity index (χ3n) is 6.36. The van der Waals surface area contributed by atoms with Gasteiger partial charge in [-0.15, -0.1) is 0 Å².